The second-order valence-electron chi connectivity index (χ2n) is 5.18. The highest BCUT2D eigenvalue weighted by molar-refractivity contribution is 7.99. The van der Waals surface area contributed by atoms with Crippen LogP contribution in [0.25, 0.3) is 11.1 Å². The van der Waals surface area contributed by atoms with Crippen molar-refractivity contribution in [3.05, 3.63) is 51.8 Å². The van der Waals surface area contributed by atoms with Crippen LogP contribution in [0.4, 0.5) is 0 Å². The van der Waals surface area contributed by atoms with E-state index in [9.17, 15) is 14.9 Å². The number of carbonyl (C=O) groups is 1. The molecule has 1 aromatic carbocycles. The Bertz CT molecular complexity index is 881. The molecule has 116 valence electrons. The number of hydrogen-bond donors (Lipinski definition) is 0. The van der Waals surface area contributed by atoms with Gasteiger partial charge in [0.2, 0.25) is 0 Å². The van der Waals surface area contributed by atoms with E-state index in [4.69, 9.17) is 4.74 Å². The monoisotopic (exact) mass is 326 g/mol. The van der Waals surface area contributed by atoms with Crippen LogP contribution >= 0.6 is 11.8 Å². The summed E-state index contributed by atoms with van der Waals surface area (Å²) in [7, 11) is 1.30. The summed E-state index contributed by atoms with van der Waals surface area (Å²) in [6.07, 6.45) is 0. The first-order chi connectivity index (χ1) is 11.1. The minimum Gasteiger partial charge on any atom is -0.467 e. The first kappa shape index (κ1) is 15.4. The van der Waals surface area contributed by atoms with E-state index in [1.165, 1.54) is 23.4 Å². The molecular formula is C17H14N2O3S. The number of esters is 1. The summed E-state index contributed by atoms with van der Waals surface area (Å²) in [6, 6.07) is 10.9. The second kappa shape index (κ2) is 5.94. The molecule has 0 fully saturated rings. The minimum atomic E-state index is -0.692. The van der Waals surface area contributed by atoms with Gasteiger partial charge in [0.15, 0.2) is 0 Å². The molecule has 0 N–H and O–H groups in total. The third kappa shape index (κ3) is 2.34. The number of hydrogen-bond acceptors (Lipinski definition) is 5. The molecule has 0 saturated carbocycles. The van der Waals surface area contributed by atoms with Crippen LogP contribution in [0.1, 0.15) is 17.2 Å². The van der Waals surface area contributed by atoms with E-state index in [0.29, 0.717) is 16.3 Å². The number of carbonyl (C=O) groups excluding carboxylic acids is 1. The maximum atomic E-state index is 12.6. The Labute approximate surface area is 137 Å². The van der Waals surface area contributed by atoms with Gasteiger partial charge in [-0.1, -0.05) is 30.3 Å². The molecule has 5 nitrogen and oxygen atoms in total. The van der Waals surface area contributed by atoms with Crippen LogP contribution in [0, 0.1) is 18.3 Å². The van der Waals surface area contributed by atoms with E-state index in [-0.39, 0.29) is 5.56 Å². The Morgan fingerprint density at radius 1 is 1.39 bits per heavy atom. The molecule has 0 saturated heterocycles. The lowest BCUT2D eigenvalue weighted by molar-refractivity contribution is -0.143. The van der Waals surface area contributed by atoms with E-state index in [1.54, 1.807) is 6.92 Å². The smallest absolute Gasteiger partial charge is 0.329 e. The third-order valence-corrected chi connectivity index (χ3v) is 5.11. The number of aromatic nitrogens is 1. The summed E-state index contributed by atoms with van der Waals surface area (Å²) in [6.45, 7) is 1.77. The molecule has 3 rings (SSSR count). The highest BCUT2D eigenvalue weighted by Gasteiger charge is 2.35. The van der Waals surface area contributed by atoms with Crippen LogP contribution in [0.5, 0.6) is 0 Å². The number of rotatable bonds is 2. The fourth-order valence-electron chi connectivity index (χ4n) is 2.82. The van der Waals surface area contributed by atoms with E-state index >= 15 is 0 Å². The van der Waals surface area contributed by atoms with Gasteiger partial charge in [0.05, 0.1) is 12.1 Å². The summed E-state index contributed by atoms with van der Waals surface area (Å²) in [5.74, 6) is -0.0408. The number of pyridine rings is 1. The Morgan fingerprint density at radius 2 is 2.09 bits per heavy atom. The predicted molar refractivity (Wildman–Crippen MR) is 87.4 cm³/mol. The van der Waals surface area contributed by atoms with Gasteiger partial charge < -0.3 is 4.74 Å². The number of nitrogens with zero attached hydrogens (tertiary/aromatic N) is 2. The Hall–Kier alpha value is -2.52. The lowest BCUT2D eigenvalue weighted by atomic mass is 9.99. The van der Waals surface area contributed by atoms with Crippen molar-refractivity contribution in [3.63, 3.8) is 0 Å². The maximum absolute atomic E-state index is 12.6. The molecule has 1 aromatic heterocycles. The van der Waals surface area contributed by atoms with Gasteiger partial charge in [0, 0.05) is 11.3 Å². The van der Waals surface area contributed by atoms with Crippen LogP contribution < -0.4 is 5.56 Å². The fourth-order valence-corrected chi connectivity index (χ4v) is 4.19. The van der Waals surface area contributed by atoms with E-state index in [2.05, 4.69) is 0 Å². The van der Waals surface area contributed by atoms with Crippen molar-refractivity contribution in [1.82, 2.24) is 4.57 Å². The summed E-state index contributed by atoms with van der Waals surface area (Å²) in [5, 5.41) is 10.1. The first-order valence-corrected chi connectivity index (χ1v) is 8.04. The molecule has 1 aliphatic heterocycles. The molecule has 0 bridgehead atoms. The quantitative estimate of drug-likeness (QED) is 0.793. The number of ether oxygens (including phenoxy) is 1. The Morgan fingerprint density at radius 3 is 2.70 bits per heavy atom. The zero-order valence-electron chi connectivity index (χ0n) is 12.7. The van der Waals surface area contributed by atoms with Gasteiger partial charge in [0.1, 0.15) is 17.7 Å². The molecule has 1 aliphatic rings. The van der Waals surface area contributed by atoms with Crippen molar-refractivity contribution in [2.24, 2.45) is 0 Å². The van der Waals surface area contributed by atoms with Gasteiger partial charge in [-0.15, -0.1) is 11.8 Å². The number of thioether (sulfide) groups is 1. The van der Waals surface area contributed by atoms with Crippen molar-refractivity contribution in [1.29, 1.82) is 5.26 Å². The summed E-state index contributed by atoms with van der Waals surface area (Å²) in [5.41, 5.74) is 2.04. The van der Waals surface area contributed by atoms with Crippen LogP contribution in [-0.2, 0) is 9.53 Å². The molecule has 23 heavy (non-hydrogen) atoms. The number of methoxy groups -OCH3 is 1. The van der Waals surface area contributed by atoms with Crippen LogP contribution in [0.15, 0.2) is 40.2 Å². The van der Waals surface area contributed by atoms with Gasteiger partial charge in [-0.25, -0.2) is 4.79 Å². The average Bonchev–Trinajstić information content (AvgIpc) is 3.00. The van der Waals surface area contributed by atoms with Crippen molar-refractivity contribution < 1.29 is 9.53 Å². The molecule has 0 aliphatic carbocycles. The topological polar surface area (TPSA) is 72.1 Å². The molecule has 0 spiro atoms. The zero-order valence-corrected chi connectivity index (χ0v) is 13.5. The van der Waals surface area contributed by atoms with Gasteiger partial charge >= 0.3 is 5.97 Å². The van der Waals surface area contributed by atoms with Gasteiger partial charge in [0.25, 0.3) is 5.56 Å². The fraction of sp³-hybridized carbons (Fsp3) is 0.235. The van der Waals surface area contributed by atoms with E-state index < -0.39 is 17.6 Å². The molecule has 1 unspecified atom stereocenters. The molecule has 2 heterocycles. The van der Waals surface area contributed by atoms with Crippen molar-refractivity contribution in [2.45, 2.75) is 18.0 Å². The summed E-state index contributed by atoms with van der Waals surface area (Å²) >= 11 is 1.44. The number of fused-ring (bicyclic) bond motifs is 1. The largest absolute Gasteiger partial charge is 0.467 e. The van der Waals surface area contributed by atoms with Crippen molar-refractivity contribution >= 4 is 17.7 Å². The lowest BCUT2D eigenvalue weighted by Crippen LogP contribution is -2.32. The third-order valence-electron chi connectivity index (χ3n) is 3.95. The maximum Gasteiger partial charge on any atom is 0.329 e. The van der Waals surface area contributed by atoms with Crippen LogP contribution in [0.3, 0.4) is 0 Å². The molecule has 2 aromatic rings. The van der Waals surface area contributed by atoms with E-state index in [0.717, 1.165) is 11.1 Å². The highest BCUT2D eigenvalue weighted by Crippen LogP contribution is 2.41. The molecule has 0 radical (unpaired) electrons. The highest BCUT2D eigenvalue weighted by atomic mass is 32.2. The van der Waals surface area contributed by atoms with Gasteiger partial charge in [-0.05, 0) is 18.1 Å². The van der Waals surface area contributed by atoms with Gasteiger partial charge in [-0.3, -0.25) is 9.36 Å². The summed E-state index contributed by atoms with van der Waals surface area (Å²) < 4.78 is 6.21. The Balaban J connectivity index is 2.36. The molecule has 6 heteroatoms. The van der Waals surface area contributed by atoms with E-state index in [1.807, 2.05) is 36.4 Å². The molecule has 1 atom stereocenters. The average molecular weight is 326 g/mol. The van der Waals surface area contributed by atoms with Crippen molar-refractivity contribution in [3.8, 4) is 17.2 Å². The second-order valence-corrected chi connectivity index (χ2v) is 6.19. The minimum absolute atomic E-state index is 0.0732. The van der Waals surface area contributed by atoms with Gasteiger partial charge in [-0.2, -0.15) is 5.26 Å². The number of benzene rings is 1. The Kier molecular flexibility index (Phi) is 3.97. The predicted octanol–water partition coefficient (Wildman–Crippen LogP) is 2.52. The van der Waals surface area contributed by atoms with Crippen molar-refractivity contribution in [2.75, 3.05) is 12.9 Å². The molecule has 0 amide bonds. The standard InChI is InChI=1S/C17H14N2O3S/c1-10-12(8-18)15(20)19-13(17(21)22-2)9-23-16(19)14(10)11-6-4-3-5-7-11/h3-7,13H,9H2,1-2H3. The summed E-state index contributed by atoms with van der Waals surface area (Å²) in [4.78, 5) is 24.6. The zero-order chi connectivity index (χ0) is 16.6. The lowest BCUT2D eigenvalue weighted by Gasteiger charge is -2.16. The SMILES string of the molecule is COC(=O)C1CSc2c(-c3ccccc3)c(C)c(C#N)c(=O)n21. The van der Waals surface area contributed by atoms with Crippen LogP contribution in [-0.4, -0.2) is 23.4 Å². The number of nitriles is 1. The normalized spacial score (nSPS) is 15.8. The van der Waals surface area contributed by atoms with Crippen LogP contribution in [0.2, 0.25) is 0 Å². The first-order valence-electron chi connectivity index (χ1n) is 7.05. The molecular weight excluding hydrogens is 312 g/mol.